The summed E-state index contributed by atoms with van der Waals surface area (Å²) in [6, 6.07) is 7.07. The van der Waals surface area contributed by atoms with Crippen LogP contribution in [0.5, 0.6) is 0 Å². The van der Waals surface area contributed by atoms with Crippen LogP contribution >= 0.6 is 23.4 Å². The van der Waals surface area contributed by atoms with Crippen LogP contribution in [0.4, 0.5) is 17.6 Å². The van der Waals surface area contributed by atoms with E-state index in [1.807, 2.05) is 0 Å². The molecule has 188 valence electrons. The predicted octanol–water partition coefficient (Wildman–Crippen LogP) is 6.52. The highest BCUT2D eigenvalue weighted by Crippen LogP contribution is 2.60. The second kappa shape index (κ2) is 9.78. The lowest BCUT2D eigenvalue weighted by Gasteiger charge is -2.25. The van der Waals surface area contributed by atoms with E-state index in [2.05, 4.69) is 10.5 Å². The van der Waals surface area contributed by atoms with Crippen LogP contribution in [0.3, 0.4) is 0 Å². The van der Waals surface area contributed by atoms with E-state index in [4.69, 9.17) is 17.0 Å². The Bertz CT molecular complexity index is 1320. The maximum absolute atomic E-state index is 14.7. The van der Waals surface area contributed by atoms with Crippen LogP contribution in [0.15, 0.2) is 52.2 Å². The molecule has 2 amide bonds. The molecule has 36 heavy (non-hydrogen) atoms. The molecule has 1 aliphatic heterocycles. The number of carbonyl (C=O) groups excluding carboxylic acids is 2. The summed E-state index contributed by atoms with van der Waals surface area (Å²) in [7, 11) is 0. The lowest BCUT2D eigenvalue weighted by atomic mass is 9.90. The Labute approximate surface area is 212 Å². The molecule has 2 N–H and O–H groups in total. The zero-order valence-electron chi connectivity index (χ0n) is 18.5. The van der Waals surface area contributed by atoms with Gasteiger partial charge in [0.1, 0.15) is 5.82 Å². The number of nitrogens with one attached hydrogen (secondary N) is 2. The second-order valence-corrected chi connectivity index (χ2v) is 9.93. The van der Waals surface area contributed by atoms with E-state index in [0.29, 0.717) is 18.6 Å². The minimum atomic E-state index is -4.55. The Hall–Kier alpha value is -3.05. The van der Waals surface area contributed by atoms with E-state index in [-0.39, 0.29) is 56.4 Å². The monoisotopic (exact) mass is 539 g/mol. The molecule has 1 fully saturated rings. The van der Waals surface area contributed by atoms with Crippen molar-refractivity contribution in [3.63, 3.8) is 0 Å². The third-order valence-electron chi connectivity index (χ3n) is 6.20. The van der Waals surface area contributed by atoms with E-state index >= 15 is 0 Å². The van der Waals surface area contributed by atoms with Crippen LogP contribution < -0.4 is 5.32 Å². The number of thioether (sulfide) groups is 1. The smallest absolute Gasteiger partial charge is 0.324 e. The van der Waals surface area contributed by atoms with Gasteiger partial charge in [-0.15, -0.1) is 16.7 Å². The van der Waals surface area contributed by atoms with Crippen molar-refractivity contribution < 1.29 is 27.2 Å². The number of rotatable bonds is 6. The molecule has 0 bridgehead atoms. The van der Waals surface area contributed by atoms with Crippen LogP contribution in [0.1, 0.15) is 57.5 Å². The fraction of sp³-hybridized carbons (Fsp3) is 0.292. The minimum absolute atomic E-state index is 0.128. The van der Waals surface area contributed by atoms with Gasteiger partial charge >= 0.3 is 12.1 Å². The third kappa shape index (κ3) is 4.69. The summed E-state index contributed by atoms with van der Waals surface area (Å²) in [6.07, 6.45) is -3.94. The van der Waals surface area contributed by atoms with Crippen LogP contribution in [0.2, 0.25) is 5.02 Å². The fourth-order valence-electron chi connectivity index (χ4n) is 4.18. The van der Waals surface area contributed by atoms with E-state index < -0.39 is 29.2 Å². The van der Waals surface area contributed by atoms with Crippen LogP contribution in [-0.2, 0) is 5.41 Å². The average molecular weight is 540 g/mol. The van der Waals surface area contributed by atoms with Crippen molar-refractivity contribution in [3.8, 4) is 0 Å². The molecule has 2 aromatic rings. The maximum Gasteiger partial charge on any atom is 0.398 e. The van der Waals surface area contributed by atoms with Crippen molar-refractivity contribution in [3.05, 3.63) is 85.0 Å². The Morgan fingerprint density at radius 1 is 1.17 bits per heavy atom. The van der Waals surface area contributed by atoms with E-state index in [9.17, 15) is 32.1 Å². The third-order valence-corrected chi connectivity index (χ3v) is 7.75. The number of allylic oxidation sites excluding steroid dienone is 2. The Kier molecular flexibility index (Phi) is 7.07. The van der Waals surface area contributed by atoms with Gasteiger partial charge in [-0.1, -0.05) is 23.7 Å². The summed E-state index contributed by atoms with van der Waals surface area (Å²) in [5, 5.41) is 13.3. The zero-order valence-corrected chi connectivity index (χ0v) is 20.0. The minimum Gasteiger partial charge on any atom is -0.324 e. The number of halogens is 5. The van der Waals surface area contributed by atoms with Gasteiger partial charge in [0.2, 0.25) is 0 Å². The molecule has 1 aliphatic carbocycles. The van der Waals surface area contributed by atoms with Crippen LogP contribution in [-0.4, -0.2) is 29.5 Å². The number of hydrogen-bond acceptors (Lipinski definition) is 5. The molecule has 4 rings (SSSR count). The average Bonchev–Trinajstić information content (AvgIpc) is 3.65. The lowest BCUT2D eigenvalue weighted by Crippen LogP contribution is -2.33. The van der Waals surface area contributed by atoms with Crippen molar-refractivity contribution in [1.82, 2.24) is 5.32 Å². The number of nitroso groups, excluding NO2 is 1. The highest BCUT2D eigenvalue weighted by molar-refractivity contribution is 8.04. The molecule has 1 saturated carbocycles. The van der Waals surface area contributed by atoms with E-state index in [0.717, 1.165) is 18.2 Å². The molecule has 2 aromatic carbocycles. The molecule has 0 saturated heterocycles. The Morgan fingerprint density at radius 3 is 2.50 bits per heavy atom. The summed E-state index contributed by atoms with van der Waals surface area (Å²) in [5.41, 5.74) is -3.08. The Balaban J connectivity index is 1.69. The second-order valence-electron chi connectivity index (χ2n) is 8.42. The summed E-state index contributed by atoms with van der Waals surface area (Å²) in [6.45, 7) is 0. The molecule has 6 nitrogen and oxygen atoms in total. The summed E-state index contributed by atoms with van der Waals surface area (Å²) in [4.78, 5) is 35.3. The standard InChI is InChI=1S/C24H18ClF4N3O3S/c25-15-4-1-3-14(23(8-9-23)24(27,28)29)18(15)22(34)31-17-5-2-10-36-20(17)19(30)13-7-6-12(11-16(13)26)21(33)32-35/h1,3-4,6-7,11,30H,2,5,8-10H2,(H,31,34). The molecule has 0 spiro atoms. The number of carbonyl (C=O) groups is 2. The molecule has 2 aliphatic rings. The molecule has 0 unspecified atom stereocenters. The van der Waals surface area contributed by atoms with Crippen molar-refractivity contribution >= 4 is 40.9 Å². The number of nitrogens with zero attached hydrogens (tertiary/aromatic N) is 1. The first-order valence-electron chi connectivity index (χ1n) is 10.8. The first-order valence-corrected chi connectivity index (χ1v) is 12.2. The van der Waals surface area contributed by atoms with Gasteiger partial charge in [0.05, 0.1) is 26.6 Å². The Morgan fingerprint density at radius 2 is 1.89 bits per heavy atom. The van der Waals surface area contributed by atoms with E-state index in [1.165, 1.54) is 30.0 Å². The number of hydrogen-bond donors (Lipinski definition) is 2. The van der Waals surface area contributed by atoms with Gasteiger partial charge < -0.3 is 5.32 Å². The van der Waals surface area contributed by atoms with Gasteiger partial charge in [0.25, 0.3) is 5.91 Å². The SMILES string of the molecule is N=C(C1=C(NC(=O)c2c(Cl)cccc2C2(C(F)(F)F)CC2)CCCS1)c1ccc(C(=O)N=O)cc1F. The molecule has 0 aromatic heterocycles. The molecule has 0 atom stereocenters. The zero-order chi connectivity index (χ0) is 26.3. The van der Waals surface area contributed by atoms with Gasteiger partial charge in [-0.25, -0.2) is 4.39 Å². The highest BCUT2D eigenvalue weighted by Gasteiger charge is 2.65. The first kappa shape index (κ1) is 26.0. The number of amides is 2. The lowest BCUT2D eigenvalue weighted by molar-refractivity contribution is -0.160. The van der Waals surface area contributed by atoms with Crippen LogP contribution in [0.25, 0.3) is 0 Å². The van der Waals surface area contributed by atoms with Crippen molar-refractivity contribution in [1.29, 1.82) is 5.41 Å². The van der Waals surface area contributed by atoms with Crippen molar-refractivity contribution in [2.75, 3.05) is 5.75 Å². The van der Waals surface area contributed by atoms with Crippen molar-refractivity contribution in [2.45, 2.75) is 37.3 Å². The number of alkyl halides is 3. The fourth-order valence-corrected chi connectivity index (χ4v) is 5.51. The maximum atomic E-state index is 14.7. The normalized spacial score (nSPS) is 16.9. The van der Waals surface area contributed by atoms with Gasteiger partial charge in [0, 0.05) is 22.0 Å². The largest absolute Gasteiger partial charge is 0.398 e. The first-order chi connectivity index (χ1) is 17.0. The van der Waals surface area contributed by atoms with Gasteiger partial charge in [-0.05, 0) is 61.3 Å². The summed E-state index contributed by atoms with van der Waals surface area (Å²) < 4.78 is 56.1. The van der Waals surface area contributed by atoms with Gasteiger partial charge in [-0.3, -0.25) is 15.0 Å². The molecule has 0 radical (unpaired) electrons. The molecular formula is C24H18ClF4N3O3S. The molecule has 12 heteroatoms. The van der Waals surface area contributed by atoms with Gasteiger partial charge in [0.15, 0.2) is 0 Å². The number of benzene rings is 2. The predicted molar refractivity (Wildman–Crippen MR) is 128 cm³/mol. The van der Waals surface area contributed by atoms with Crippen LogP contribution in [0, 0.1) is 16.1 Å². The quantitative estimate of drug-likeness (QED) is 0.248. The topological polar surface area (TPSA) is 99.5 Å². The van der Waals surface area contributed by atoms with E-state index in [1.54, 1.807) is 0 Å². The molecular weight excluding hydrogens is 522 g/mol. The highest BCUT2D eigenvalue weighted by atomic mass is 35.5. The van der Waals surface area contributed by atoms with Gasteiger partial charge in [-0.2, -0.15) is 13.2 Å². The van der Waals surface area contributed by atoms with Crippen molar-refractivity contribution in [2.24, 2.45) is 5.18 Å². The summed E-state index contributed by atoms with van der Waals surface area (Å²) >= 11 is 7.39. The molecule has 1 heterocycles. The summed E-state index contributed by atoms with van der Waals surface area (Å²) in [5.74, 6) is -2.37.